The number of para-hydroxylation sites is 1. The molecule has 3 heterocycles. The highest BCUT2D eigenvalue weighted by atomic mass is 19.1. The number of hydrogen-bond donors (Lipinski definition) is 0. The summed E-state index contributed by atoms with van der Waals surface area (Å²) in [5.74, 6) is -1.20. The number of ether oxygens (including phenoxy) is 1. The van der Waals surface area contributed by atoms with Gasteiger partial charge < -0.3 is 4.74 Å². The zero-order chi connectivity index (χ0) is 33.0. The first-order chi connectivity index (χ1) is 22.6. The normalized spacial score (nSPS) is 11.8. The molecular formula is C39H33F3N4O. The van der Waals surface area contributed by atoms with Crippen molar-refractivity contribution in [3.05, 3.63) is 132 Å². The zero-order valence-corrected chi connectivity index (χ0v) is 26.7. The van der Waals surface area contributed by atoms with E-state index in [0.29, 0.717) is 46.3 Å². The maximum Gasteiger partial charge on any atom is 0.137 e. The number of aromatic nitrogens is 4. The Labute approximate surface area is 270 Å². The van der Waals surface area contributed by atoms with Crippen LogP contribution in [0.4, 0.5) is 13.2 Å². The van der Waals surface area contributed by atoms with Gasteiger partial charge in [0.15, 0.2) is 0 Å². The van der Waals surface area contributed by atoms with Crippen LogP contribution in [0.5, 0.6) is 11.5 Å². The average molecular weight is 631 g/mol. The number of hydrogen-bond acceptors (Lipinski definition) is 3. The van der Waals surface area contributed by atoms with Crippen LogP contribution < -0.4 is 4.74 Å². The Kier molecular flexibility index (Phi) is 7.59. The van der Waals surface area contributed by atoms with Gasteiger partial charge in [0, 0.05) is 46.8 Å². The highest BCUT2D eigenvalue weighted by Crippen LogP contribution is 2.41. The van der Waals surface area contributed by atoms with E-state index in [1.54, 1.807) is 4.68 Å². The van der Waals surface area contributed by atoms with Gasteiger partial charge in [0.05, 0.1) is 33.7 Å². The lowest BCUT2D eigenvalue weighted by Crippen LogP contribution is -2.05. The molecule has 7 aromatic rings. The van der Waals surface area contributed by atoms with Crippen LogP contribution in [0.1, 0.15) is 56.5 Å². The summed E-state index contributed by atoms with van der Waals surface area (Å²) in [6.45, 7) is 9.77. The largest absolute Gasteiger partial charge is 0.457 e. The number of aryl methyl sites for hydroxylation is 1. The highest BCUT2D eigenvalue weighted by molar-refractivity contribution is 6.09. The molecule has 0 aliphatic heterocycles. The lowest BCUT2D eigenvalue weighted by molar-refractivity contribution is 0.482. The van der Waals surface area contributed by atoms with Crippen LogP contribution in [0.2, 0.25) is 0 Å². The summed E-state index contributed by atoms with van der Waals surface area (Å²) in [5.41, 5.74) is 5.00. The molecule has 0 amide bonds. The summed E-state index contributed by atoms with van der Waals surface area (Å²) in [5, 5.41) is 7.07. The Morgan fingerprint density at radius 2 is 1.40 bits per heavy atom. The molecule has 0 aliphatic rings. The fraction of sp³-hybridized carbons (Fsp3) is 0.179. The minimum atomic E-state index is -0.966. The van der Waals surface area contributed by atoms with E-state index >= 15 is 8.78 Å². The van der Waals surface area contributed by atoms with Gasteiger partial charge in [-0.15, -0.1) is 0 Å². The molecule has 0 saturated heterocycles. The second-order valence-electron chi connectivity index (χ2n) is 12.4. The number of benzene rings is 4. The van der Waals surface area contributed by atoms with Crippen molar-refractivity contribution < 1.29 is 17.9 Å². The summed E-state index contributed by atoms with van der Waals surface area (Å²) in [4.78, 5) is 4.67. The van der Waals surface area contributed by atoms with Crippen LogP contribution in [0.15, 0.2) is 97.2 Å². The van der Waals surface area contributed by atoms with Crippen molar-refractivity contribution in [1.82, 2.24) is 19.3 Å². The Morgan fingerprint density at radius 1 is 0.681 bits per heavy atom. The van der Waals surface area contributed by atoms with E-state index in [4.69, 9.17) is 9.84 Å². The standard InChI is InChI=1S/C39H33F3N4O/c1-22(2)38-37(36-31(41)18-25(40)19-32(36)42)39(23(3)4)46(44-38)26-9-8-10-27(20-26)47-28-13-14-30-29-11-6-7-12-33(29)45(34(30)21-28)35-17-24(5)15-16-43-35/h6-23H,1-5H3. The van der Waals surface area contributed by atoms with Gasteiger partial charge in [-0.3, -0.25) is 4.57 Å². The van der Waals surface area contributed by atoms with Crippen molar-refractivity contribution >= 4 is 21.8 Å². The summed E-state index contributed by atoms with van der Waals surface area (Å²) in [7, 11) is 0. The molecular weight excluding hydrogens is 597 g/mol. The monoisotopic (exact) mass is 630 g/mol. The van der Waals surface area contributed by atoms with Gasteiger partial charge >= 0.3 is 0 Å². The third kappa shape index (κ3) is 5.33. The van der Waals surface area contributed by atoms with Crippen LogP contribution in [0.3, 0.4) is 0 Å². The minimum Gasteiger partial charge on any atom is -0.457 e. The molecule has 236 valence electrons. The van der Waals surface area contributed by atoms with Crippen molar-refractivity contribution in [1.29, 1.82) is 0 Å². The van der Waals surface area contributed by atoms with Gasteiger partial charge in [-0.25, -0.2) is 22.8 Å². The molecule has 5 nitrogen and oxygen atoms in total. The number of fused-ring (bicyclic) bond motifs is 3. The molecule has 0 atom stereocenters. The molecule has 8 heteroatoms. The van der Waals surface area contributed by atoms with Crippen molar-refractivity contribution in [3.8, 4) is 34.1 Å². The first-order valence-electron chi connectivity index (χ1n) is 15.6. The van der Waals surface area contributed by atoms with Crippen LogP contribution in [-0.4, -0.2) is 19.3 Å². The summed E-state index contributed by atoms with van der Waals surface area (Å²) < 4.78 is 54.6. The molecule has 0 radical (unpaired) electrons. The van der Waals surface area contributed by atoms with E-state index in [0.717, 1.165) is 33.2 Å². The maximum absolute atomic E-state index is 15.2. The molecule has 7 rings (SSSR count). The predicted octanol–water partition coefficient (Wildman–Crippen LogP) is 10.8. The quantitative estimate of drug-likeness (QED) is 0.176. The highest BCUT2D eigenvalue weighted by Gasteiger charge is 2.29. The van der Waals surface area contributed by atoms with Gasteiger partial charge in [-0.05, 0) is 66.8 Å². The van der Waals surface area contributed by atoms with Crippen molar-refractivity contribution in [3.63, 3.8) is 0 Å². The van der Waals surface area contributed by atoms with E-state index in [-0.39, 0.29) is 17.4 Å². The Balaban J connectivity index is 1.34. The SMILES string of the molecule is Cc1ccnc(-n2c3ccccc3c3ccc(Oc4cccc(-n5nc(C(C)C)c(-c6c(F)cc(F)cc6F)c5C(C)C)c4)cc32)c1. The average Bonchev–Trinajstić information content (AvgIpc) is 3.58. The van der Waals surface area contributed by atoms with Gasteiger partial charge in [0.1, 0.15) is 34.8 Å². The second-order valence-corrected chi connectivity index (χ2v) is 12.4. The van der Waals surface area contributed by atoms with Crippen LogP contribution in [-0.2, 0) is 0 Å². The van der Waals surface area contributed by atoms with Crippen molar-refractivity contribution in [2.45, 2.75) is 46.5 Å². The number of pyridine rings is 1. The van der Waals surface area contributed by atoms with E-state index in [2.05, 4.69) is 33.8 Å². The summed E-state index contributed by atoms with van der Waals surface area (Å²) >= 11 is 0. The van der Waals surface area contributed by atoms with Crippen LogP contribution in [0.25, 0.3) is 44.4 Å². The molecule has 47 heavy (non-hydrogen) atoms. The molecule has 0 unspecified atom stereocenters. The van der Waals surface area contributed by atoms with Gasteiger partial charge in [-0.1, -0.05) is 52.0 Å². The van der Waals surface area contributed by atoms with Crippen LogP contribution in [0, 0.1) is 24.4 Å². The molecule has 0 fully saturated rings. The second kappa shape index (κ2) is 11.8. The Bertz CT molecular complexity index is 2280. The third-order valence-corrected chi connectivity index (χ3v) is 8.37. The van der Waals surface area contributed by atoms with Gasteiger partial charge in [0.2, 0.25) is 0 Å². The number of nitrogens with zero attached hydrogens (tertiary/aromatic N) is 4. The topological polar surface area (TPSA) is 44.9 Å². The van der Waals surface area contributed by atoms with E-state index in [9.17, 15) is 4.39 Å². The summed E-state index contributed by atoms with van der Waals surface area (Å²) in [6.07, 6.45) is 1.81. The maximum atomic E-state index is 15.2. The smallest absolute Gasteiger partial charge is 0.137 e. The lowest BCUT2D eigenvalue weighted by atomic mass is 9.92. The van der Waals surface area contributed by atoms with Crippen molar-refractivity contribution in [2.75, 3.05) is 0 Å². The first-order valence-corrected chi connectivity index (χ1v) is 15.6. The molecule has 3 aromatic heterocycles. The van der Waals surface area contributed by atoms with E-state index < -0.39 is 17.5 Å². The third-order valence-electron chi connectivity index (χ3n) is 8.37. The number of halogens is 3. The van der Waals surface area contributed by atoms with Gasteiger partial charge in [0.25, 0.3) is 0 Å². The first kappa shape index (κ1) is 30.3. The lowest BCUT2D eigenvalue weighted by Gasteiger charge is -2.15. The Morgan fingerprint density at radius 3 is 2.13 bits per heavy atom. The minimum absolute atomic E-state index is 0.159. The van der Waals surface area contributed by atoms with Crippen molar-refractivity contribution in [2.24, 2.45) is 0 Å². The fourth-order valence-corrected chi connectivity index (χ4v) is 6.34. The summed E-state index contributed by atoms with van der Waals surface area (Å²) in [6, 6.07) is 27.1. The molecule has 0 aliphatic carbocycles. The Hall–Kier alpha value is -5.37. The number of rotatable bonds is 7. The van der Waals surface area contributed by atoms with Gasteiger partial charge in [-0.2, -0.15) is 5.10 Å². The van der Waals surface area contributed by atoms with E-state index in [1.807, 2.05) is 95.4 Å². The van der Waals surface area contributed by atoms with Crippen LogP contribution >= 0.6 is 0 Å². The van der Waals surface area contributed by atoms with E-state index in [1.165, 1.54) is 0 Å². The molecule has 0 bridgehead atoms. The zero-order valence-electron chi connectivity index (χ0n) is 26.7. The molecule has 0 saturated carbocycles. The molecule has 4 aromatic carbocycles. The fourth-order valence-electron chi connectivity index (χ4n) is 6.34. The molecule has 0 spiro atoms. The predicted molar refractivity (Wildman–Crippen MR) is 180 cm³/mol. The molecule has 0 N–H and O–H groups in total.